The molecule has 0 aliphatic rings. The molecule has 166 valence electrons. The second-order valence-corrected chi connectivity index (χ2v) is 8.36. The van der Waals surface area contributed by atoms with E-state index in [-0.39, 0.29) is 17.5 Å². The molecule has 5 heteroatoms. The lowest BCUT2D eigenvalue weighted by molar-refractivity contribution is -0.115. The minimum Gasteiger partial charge on any atom is -0.325 e. The Morgan fingerprint density at radius 2 is 1.38 bits per heavy atom. The van der Waals surface area contributed by atoms with Crippen LogP contribution in [0, 0.1) is 5.82 Å². The number of amides is 1. The van der Waals surface area contributed by atoms with Gasteiger partial charge in [-0.05, 0) is 31.2 Å². The summed E-state index contributed by atoms with van der Waals surface area (Å²) in [4.78, 5) is 11.8. The zero-order valence-electron chi connectivity index (χ0n) is 18.2. The molecule has 0 radical (unpaired) electrons. The van der Waals surface area contributed by atoms with Gasteiger partial charge in [0.25, 0.3) is 0 Å². The van der Waals surface area contributed by atoms with E-state index in [1.54, 1.807) is 0 Å². The van der Waals surface area contributed by atoms with Gasteiger partial charge < -0.3 is 10.6 Å². The number of carbonyl (C=O) groups is 1. The molecule has 0 saturated heterocycles. The summed E-state index contributed by atoms with van der Waals surface area (Å²) in [7, 11) is 0. The highest BCUT2D eigenvalue weighted by Gasteiger charge is 2.05. The number of benzene rings is 1. The van der Waals surface area contributed by atoms with Crippen LogP contribution in [-0.4, -0.2) is 19.0 Å². The third-order valence-corrected chi connectivity index (χ3v) is 5.49. The molecule has 0 atom stereocenters. The van der Waals surface area contributed by atoms with Gasteiger partial charge in [0.15, 0.2) is 0 Å². The van der Waals surface area contributed by atoms with Crippen LogP contribution < -0.4 is 10.6 Å². The van der Waals surface area contributed by atoms with Crippen LogP contribution in [0.25, 0.3) is 0 Å². The van der Waals surface area contributed by atoms with Gasteiger partial charge in [0.2, 0.25) is 5.91 Å². The van der Waals surface area contributed by atoms with E-state index in [4.69, 9.17) is 11.6 Å². The molecule has 2 N–H and O–H groups in total. The van der Waals surface area contributed by atoms with E-state index in [1.807, 2.05) is 0 Å². The Kier molecular flexibility index (Phi) is 15.8. The quantitative estimate of drug-likeness (QED) is 0.239. The summed E-state index contributed by atoms with van der Waals surface area (Å²) in [5.41, 5.74) is 0.514. The van der Waals surface area contributed by atoms with Gasteiger partial charge in [-0.1, -0.05) is 102 Å². The topological polar surface area (TPSA) is 41.1 Å². The summed E-state index contributed by atoms with van der Waals surface area (Å²) in [5.74, 6) is -0.626. The van der Waals surface area contributed by atoms with E-state index in [1.165, 1.54) is 102 Å². The monoisotopic (exact) mass is 426 g/mol. The van der Waals surface area contributed by atoms with Crippen molar-refractivity contribution in [2.45, 2.75) is 96.8 Å². The Labute approximate surface area is 182 Å². The number of hydrogen-bond donors (Lipinski definition) is 2. The van der Waals surface area contributed by atoms with E-state index in [0.29, 0.717) is 5.69 Å². The summed E-state index contributed by atoms with van der Waals surface area (Å²) in [5, 5.41) is 5.88. The molecule has 0 saturated carbocycles. The van der Waals surface area contributed by atoms with Crippen LogP contribution in [0.4, 0.5) is 10.1 Å². The second kappa shape index (κ2) is 17.7. The van der Waals surface area contributed by atoms with Crippen molar-refractivity contribution in [2.24, 2.45) is 0 Å². The first-order valence-electron chi connectivity index (χ1n) is 11.6. The van der Waals surface area contributed by atoms with Crippen LogP contribution in [-0.2, 0) is 4.79 Å². The van der Waals surface area contributed by atoms with Crippen molar-refractivity contribution in [1.82, 2.24) is 5.32 Å². The van der Waals surface area contributed by atoms with E-state index in [2.05, 4.69) is 17.6 Å². The van der Waals surface area contributed by atoms with Gasteiger partial charge in [-0.3, -0.25) is 4.79 Å². The molecule has 1 aromatic rings. The zero-order chi connectivity index (χ0) is 21.2. The van der Waals surface area contributed by atoms with Gasteiger partial charge in [0.1, 0.15) is 5.82 Å². The normalized spacial score (nSPS) is 11.0. The SMILES string of the molecule is CCCCCCCCCCCCCCCCNCC(=O)Nc1ccc(F)c(Cl)c1. The van der Waals surface area contributed by atoms with Crippen molar-refractivity contribution in [1.29, 1.82) is 0 Å². The highest BCUT2D eigenvalue weighted by molar-refractivity contribution is 6.31. The summed E-state index contributed by atoms with van der Waals surface area (Å²) in [6, 6.07) is 4.18. The Morgan fingerprint density at radius 1 is 0.862 bits per heavy atom. The standard InChI is InChI=1S/C24H40ClFN2O/c1-2-3-4-5-6-7-8-9-10-11-12-13-14-15-18-27-20-24(29)28-21-16-17-23(26)22(25)19-21/h16-17,19,27H,2-15,18,20H2,1H3,(H,28,29). The van der Waals surface area contributed by atoms with Gasteiger partial charge >= 0.3 is 0 Å². The number of halogens is 2. The third kappa shape index (κ3) is 14.5. The first-order valence-corrected chi connectivity index (χ1v) is 12.0. The molecule has 1 aromatic carbocycles. The molecular formula is C24H40ClFN2O. The summed E-state index contributed by atoms with van der Waals surface area (Å²) >= 11 is 5.71. The number of carbonyl (C=O) groups excluding carboxylic acids is 1. The smallest absolute Gasteiger partial charge is 0.238 e. The number of anilines is 1. The van der Waals surface area contributed by atoms with Crippen molar-refractivity contribution >= 4 is 23.2 Å². The highest BCUT2D eigenvalue weighted by Crippen LogP contribution is 2.19. The first-order chi connectivity index (χ1) is 14.1. The molecule has 0 aliphatic heterocycles. The van der Waals surface area contributed by atoms with Gasteiger partial charge in [0, 0.05) is 5.69 Å². The maximum atomic E-state index is 13.1. The molecule has 29 heavy (non-hydrogen) atoms. The average Bonchev–Trinajstić information content (AvgIpc) is 2.70. The third-order valence-electron chi connectivity index (χ3n) is 5.20. The Hall–Kier alpha value is -1.13. The maximum absolute atomic E-state index is 13.1. The van der Waals surface area contributed by atoms with Gasteiger partial charge in [-0.15, -0.1) is 0 Å². The number of nitrogens with one attached hydrogen (secondary N) is 2. The Balaban J connectivity index is 1.84. The summed E-state index contributed by atoms with van der Waals surface area (Å²) in [6.07, 6.45) is 18.8. The van der Waals surface area contributed by atoms with E-state index < -0.39 is 5.82 Å². The fourth-order valence-corrected chi connectivity index (χ4v) is 3.61. The lowest BCUT2D eigenvalue weighted by Crippen LogP contribution is -2.28. The first kappa shape index (κ1) is 25.9. The van der Waals surface area contributed by atoms with Gasteiger partial charge in [-0.2, -0.15) is 0 Å². The van der Waals surface area contributed by atoms with Gasteiger partial charge in [0.05, 0.1) is 11.6 Å². The van der Waals surface area contributed by atoms with Crippen LogP contribution in [0.1, 0.15) is 96.8 Å². The van der Waals surface area contributed by atoms with Crippen LogP contribution in [0.3, 0.4) is 0 Å². The number of rotatable bonds is 18. The lowest BCUT2D eigenvalue weighted by Gasteiger charge is -2.07. The molecule has 3 nitrogen and oxygen atoms in total. The molecule has 0 aliphatic carbocycles. The predicted molar refractivity (Wildman–Crippen MR) is 123 cm³/mol. The number of unbranched alkanes of at least 4 members (excludes halogenated alkanes) is 13. The van der Waals surface area contributed by atoms with E-state index >= 15 is 0 Å². The molecule has 0 spiro atoms. The van der Waals surface area contributed by atoms with Crippen molar-refractivity contribution in [3.8, 4) is 0 Å². The molecule has 1 amide bonds. The zero-order valence-corrected chi connectivity index (χ0v) is 19.0. The van der Waals surface area contributed by atoms with Crippen LogP contribution in [0.2, 0.25) is 5.02 Å². The van der Waals surface area contributed by atoms with Crippen molar-refractivity contribution in [2.75, 3.05) is 18.4 Å². The van der Waals surface area contributed by atoms with E-state index in [9.17, 15) is 9.18 Å². The Morgan fingerprint density at radius 3 is 1.90 bits per heavy atom. The summed E-state index contributed by atoms with van der Waals surface area (Å²) < 4.78 is 13.1. The van der Waals surface area contributed by atoms with Crippen LogP contribution in [0.15, 0.2) is 18.2 Å². The van der Waals surface area contributed by atoms with Crippen LogP contribution in [0.5, 0.6) is 0 Å². The van der Waals surface area contributed by atoms with E-state index in [0.717, 1.165) is 13.0 Å². The fourth-order valence-electron chi connectivity index (χ4n) is 3.43. The lowest BCUT2D eigenvalue weighted by atomic mass is 10.0. The average molecular weight is 427 g/mol. The predicted octanol–water partition coefficient (Wildman–Crippen LogP) is 7.49. The molecule has 0 aromatic heterocycles. The minimum atomic E-state index is -0.486. The van der Waals surface area contributed by atoms with Crippen molar-refractivity contribution in [3.05, 3.63) is 29.0 Å². The molecule has 0 unspecified atom stereocenters. The maximum Gasteiger partial charge on any atom is 0.238 e. The minimum absolute atomic E-state index is 0.0122. The highest BCUT2D eigenvalue weighted by atomic mass is 35.5. The van der Waals surface area contributed by atoms with Crippen LogP contribution >= 0.6 is 11.6 Å². The molecule has 0 fully saturated rings. The Bertz CT molecular complexity index is 554. The molecular weight excluding hydrogens is 387 g/mol. The molecule has 0 heterocycles. The largest absolute Gasteiger partial charge is 0.325 e. The summed E-state index contributed by atoms with van der Waals surface area (Å²) in [6.45, 7) is 3.37. The second-order valence-electron chi connectivity index (χ2n) is 7.95. The molecule has 1 rings (SSSR count). The molecule has 0 bridgehead atoms. The van der Waals surface area contributed by atoms with Crippen molar-refractivity contribution in [3.63, 3.8) is 0 Å². The van der Waals surface area contributed by atoms with Crippen molar-refractivity contribution < 1.29 is 9.18 Å². The fraction of sp³-hybridized carbons (Fsp3) is 0.708. The number of hydrogen-bond acceptors (Lipinski definition) is 2. The van der Waals surface area contributed by atoms with Gasteiger partial charge in [-0.25, -0.2) is 4.39 Å².